The Hall–Kier alpha value is -2.59. The zero-order chi connectivity index (χ0) is 25.0. The Balaban J connectivity index is 3.93. The van der Waals surface area contributed by atoms with Crippen molar-refractivity contribution < 1.29 is 33.2 Å². The third kappa shape index (κ3) is 22.6. The van der Waals surface area contributed by atoms with Gasteiger partial charge in [-0.3, -0.25) is 4.79 Å². The normalized spacial score (nSPS) is 10.2. The lowest BCUT2D eigenvalue weighted by Gasteiger charge is -2.22. The highest BCUT2D eigenvalue weighted by Crippen LogP contribution is 1.97. The smallest absolute Gasteiger partial charge is 0.225 e. The Morgan fingerprint density at radius 1 is 0.706 bits per heavy atom. The average Bonchev–Trinajstić information content (AvgIpc) is 2.84. The minimum absolute atomic E-state index is 0.0985. The van der Waals surface area contributed by atoms with E-state index in [0.29, 0.717) is 65.9 Å². The predicted molar refractivity (Wildman–Crippen MR) is 123 cm³/mol. The van der Waals surface area contributed by atoms with Gasteiger partial charge in [0.15, 0.2) is 0 Å². The van der Waals surface area contributed by atoms with Crippen LogP contribution >= 0.6 is 0 Å². The van der Waals surface area contributed by atoms with Crippen molar-refractivity contribution in [2.24, 2.45) is 10.2 Å². The summed E-state index contributed by atoms with van der Waals surface area (Å²) in [5.41, 5.74) is 16.5. The first-order valence-corrected chi connectivity index (χ1v) is 11.0. The number of azide groups is 2. The summed E-state index contributed by atoms with van der Waals surface area (Å²) in [6.07, 6.45) is 5.27. The molecule has 0 bridgehead atoms. The predicted octanol–water partition coefficient (Wildman–Crippen LogP) is 1.56. The van der Waals surface area contributed by atoms with Gasteiger partial charge in [-0.25, -0.2) is 0 Å². The van der Waals surface area contributed by atoms with Gasteiger partial charge < -0.3 is 33.3 Å². The third-order valence-electron chi connectivity index (χ3n) is 3.92. The molecule has 0 aliphatic rings. The van der Waals surface area contributed by atoms with E-state index in [1.807, 2.05) is 0 Å². The van der Waals surface area contributed by atoms with Crippen LogP contribution in [0, 0.1) is 12.3 Å². The topological polar surface area (TPSA) is 173 Å². The van der Waals surface area contributed by atoms with Crippen LogP contribution in [0.3, 0.4) is 0 Å². The van der Waals surface area contributed by atoms with Crippen LogP contribution in [0.5, 0.6) is 0 Å². The van der Waals surface area contributed by atoms with Crippen LogP contribution in [0.1, 0.15) is 6.42 Å². The summed E-state index contributed by atoms with van der Waals surface area (Å²) < 4.78 is 32.0. The second-order valence-corrected chi connectivity index (χ2v) is 6.36. The van der Waals surface area contributed by atoms with Gasteiger partial charge in [0.25, 0.3) is 0 Å². The number of terminal acetylenes is 1. The number of carbonyl (C=O) groups excluding carboxylic acids is 1. The summed E-state index contributed by atoms with van der Waals surface area (Å²) in [7, 11) is 0. The molecular weight excluding hydrogens is 450 g/mol. The first-order valence-electron chi connectivity index (χ1n) is 11.0. The molecule has 14 nitrogen and oxygen atoms in total. The Bertz CT molecular complexity index is 607. The van der Waals surface area contributed by atoms with Crippen LogP contribution in [-0.4, -0.2) is 116 Å². The second-order valence-electron chi connectivity index (χ2n) is 6.36. The zero-order valence-electron chi connectivity index (χ0n) is 19.6. The van der Waals surface area contributed by atoms with E-state index in [1.54, 1.807) is 4.90 Å². The van der Waals surface area contributed by atoms with E-state index in [0.717, 1.165) is 0 Å². The van der Waals surface area contributed by atoms with Crippen LogP contribution in [-0.2, 0) is 33.2 Å². The summed E-state index contributed by atoms with van der Waals surface area (Å²) in [6, 6.07) is 0. The Morgan fingerprint density at radius 3 is 1.62 bits per heavy atom. The summed E-state index contributed by atoms with van der Waals surface area (Å²) in [5.74, 6) is 2.28. The fourth-order valence-electron chi connectivity index (χ4n) is 2.32. The van der Waals surface area contributed by atoms with E-state index in [4.69, 9.17) is 45.9 Å². The lowest BCUT2D eigenvalue weighted by molar-refractivity contribution is -0.134. The molecule has 34 heavy (non-hydrogen) atoms. The van der Waals surface area contributed by atoms with Gasteiger partial charge in [-0.15, -0.1) is 6.42 Å². The molecule has 0 N–H and O–H groups in total. The SMILES string of the molecule is C#CCOCCOCCOCCOCCC(=O)N(CCOCCN=[N+]=[N-])CCOCCN=[N+]=[N-]. The standard InChI is InChI=1S/C20H35N7O7/c1-2-8-29-14-16-33-18-19-34-17-15-30-9-3-20(28)27(6-12-31-10-4-23-25-21)7-13-32-11-5-24-26-22/h1H,3-19H2. The van der Waals surface area contributed by atoms with Gasteiger partial charge in [-0.1, -0.05) is 16.1 Å². The van der Waals surface area contributed by atoms with Gasteiger partial charge >= 0.3 is 0 Å². The van der Waals surface area contributed by atoms with Gasteiger partial charge in [-0.2, -0.15) is 0 Å². The van der Waals surface area contributed by atoms with E-state index in [-0.39, 0.29) is 51.8 Å². The zero-order valence-corrected chi connectivity index (χ0v) is 19.6. The maximum absolute atomic E-state index is 12.5. The minimum atomic E-state index is -0.0985. The molecule has 14 heteroatoms. The van der Waals surface area contributed by atoms with Crippen molar-refractivity contribution in [3.8, 4) is 12.3 Å². The third-order valence-corrected chi connectivity index (χ3v) is 3.92. The summed E-state index contributed by atoms with van der Waals surface area (Å²) in [4.78, 5) is 19.4. The van der Waals surface area contributed by atoms with Gasteiger partial charge in [0.2, 0.25) is 5.91 Å². The van der Waals surface area contributed by atoms with Crippen molar-refractivity contribution in [2.75, 3.05) is 105 Å². The van der Waals surface area contributed by atoms with Crippen LogP contribution < -0.4 is 0 Å². The van der Waals surface area contributed by atoms with Gasteiger partial charge in [0.1, 0.15) is 6.61 Å². The van der Waals surface area contributed by atoms with Gasteiger partial charge in [0, 0.05) is 36.0 Å². The summed E-state index contributed by atoms with van der Waals surface area (Å²) in [6.45, 7) is 5.45. The van der Waals surface area contributed by atoms with Crippen molar-refractivity contribution in [3.63, 3.8) is 0 Å². The Morgan fingerprint density at radius 2 is 1.15 bits per heavy atom. The molecule has 0 aliphatic heterocycles. The molecule has 0 spiro atoms. The summed E-state index contributed by atoms with van der Waals surface area (Å²) in [5, 5.41) is 6.77. The van der Waals surface area contributed by atoms with E-state index in [1.165, 1.54) is 0 Å². The Labute approximate surface area is 200 Å². The highest BCUT2D eigenvalue weighted by Gasteiger charge is 2.13. The number of ether oxygens (including phenoxy) is 6. The first kappa shape index (κ1) is 31.4. The van der Waals surface area contributed by atoms with Crippen LogP contribution in [0.4, 0.5) is 0 Å². The van der Waals surface area contributed by atoms with Crippen molar-refractivity contribution in [2.45, 2.75) is 6.42 Å². The monoisotopic (exact) mass is 485 g/mol. The van der Waals surface area contributed by atoms with Crippen molar-refractivity contribution in [1.29, 1.82) is 0 Å². The lowest BCUT2D eigenvalue weighted by atomic mass is 10.3. The van der Waals surface area contributed by atoms with Gasteiger partial charge in [-0.05, 0) is 11.1 Å². The molecule has 0 aromatic heterocycles. The molecule has 1 amide bonds. The maximum Gasteiger partial charge on any atom is 0.225 e. The molecule has 0 atom stereocenters. The van der Waals surface area contributed by atoms with E-state index in [2.05, 4.69) is 26.0 Å². The molecule has 192 valence electrons. The Kier molecular flexibility index (Phi) is 24.6. The molecule has 0 aliphatic carbocycles. The molecule has 0 heterocycles. The number of carbonyl (C=O) groups is 1. The van der Waals surface area contributed by atoms with E-state index in [9.17, 15) is 4.79 Å². The number of hydrogen-bond acceptors (Lipinski definition) is 9. The quantitative estimate of drug-likeness (QED) is 0.0620. The fraction of sp³-hybridized carbons (Fsp3) is 0.850. The molecule has 0 saturated heterocycles. The number of rotatable bonds is 25. The second kappa shape index (κ2) is 26.7. The fourth-order valence-corrected chi connectivity index (χ4v) is 2.32. The molecular formula is C20H35N7O7. The molecule has 0 fully saturated rings. The number of amides is 1. The average molecular weight is 486 g/mol. The first-order chi connectivity index (χ1) is 16.8. The summed E-state index contributed by atoms with van der Waals surface area (Å²) >= 11 is 0. The molecule has 0 unspecified atom stereocenters. The minimum Gasteiger partial charge on any atom is -0.379 e. The molecule has 0 aromatic carbocycles. The largest absolute Gasteiger partial charge is 0.379 e. The molecule has 0 radical (unpaired) electrons. The van der Waals surface area contributed by atoms with E-state index >= 15 is 0 Å². The molecule has 0 saturated carbocycles. The number of nitrogens with zero attached hydrogens (tertiary/aromatic N) is 7. The molecule has 0 rings (SSSR count). The van der Waals surface area contributed by atoms with Crippen LogP contribution in [0.15, 0.2) is 10.2 Å². The van der Waals surface area contributed by atoms with Gasteiger partial charge in [0.05, 0.1) is 79.1 Å². The van der Waals surface area contributed by atoms with E-state index < -0.39 is 0 Å². The highest BCUT2D eigenvalue weighted by atomic mass is 16.6. The maximum atomic E-state index is 12.5. The highest BCUT2D eigenvalue weighted by molar-refractivity contribution is 5.76. The van der Waals surface area contributed by atoms with Crippen molar-refractivity contribution >= 4 is 5.91 Å². The van der Waals surface area contributed by atoms with Crippen molar-refractivity contribution in [1.82, 2.24) is 4.90 Å². The van der Waals surface area contributed by atoms with Crippen molar-refractivity contribution in [3.05, 3.63) is 20.9 Å². The van der Waals surface area contributed by atoms with Crippen LogP contribution in [0.25, 0.3) is 20.9 Å². The van der Waals surface area contributed by atoms with Crippen LogP contribution in [0.2, 0.25) is 0 Å². The number of hydrogen-bond donors (Lipinski definition) is 0. The molecule has 0 aromatic rings. The lowest BCUT2D eigenvalue weighted by Crippen LogP contribution is -2.37.